The molecule has 0 atom stereocenters. The molecule has 2 aromatic carbocycles. The summed E-state index contributed by atoms with van der Waals surface area (Å²) in [6, 6.07) is 11.9. The van der Waals surface area contributed by atoms with Gasteiger partial charge < -0.3 is 5.32 Å². The van der Waals surface area contributed by atoms with Crippen molar-refractivity contribution in [1.29, 1.82) is 0 Å². The first-order chi connectivity index (χ1) is 14.3. The molecule has 1 N–H and O–H groups in total. The minimum absolute atomic E-state index is 0.182. The highest BCUT2D eigenvalue weighted by molar-refractivity contribution is 6.31. The number of rotatable bonds is 3. The summed E-state index contributed by atoms with van der Waals surface area (Å²) in [6.07, 6.45) is 0. The number of anilines is 1. The van der Waals surface area contributed by atoms with Crippen LogP contribution in [0.5, 0.6) is 0 Å². The molecule has 5 rings (SSSR count). The lowest BCUT2D eigenvalue weighted by Gasteiger charge is -2.11. The number of nitrogens with zero attached hydrogens (tertiary/aromatic N) is 5. The quantitative estimate of drug-likeness (QED) is 0.540. The van der Waals surface area contributed by atoms with Gasteiger partial charge in [-0.2, -0.15) is 5.10 Å². The maximum atomic E-state index is 14.2. The predicted octanol–water partition coefficient (Wildman–Crippen LogP) is 3.96. The van der Waals surface area contributed by atoms with Gasteiger partial charge in [-0.25, -0.2) is 9.37 Å². The molecule has 30 heavy (non-hydrogen) atoms. The first kappa shape index (κ1) is 18.6. The van der Waals surface area contributed by atoms with E-state index in [2.05, 4.69) is 25.6 Å². The Bertz CT molecular complexity index is 1330. The molecule has 150 valence electrons. The normalized spacial score (nSPS) is 14.7. The largest absolute Gasteiger partial charge is 0.308 e. The maximum Gasteiger partial charge on any atom is 0.237 e. The molecule has 4 aromatic rings. The van der Waals surface area contributed by atoms with E-state index < -0.39 is 5.41 Å². The van der Waals surface area contributed by atoms with Gasteiger partial charge in [-0.05, 0) is 38.1 Å². The van der Waals surface area contributed by atoms with Gasteiger partial charge in [-0.15, -0.1) is 10.2 Å². The summed E-state index contributed by atoms with van der Waals surface area (Å²) in [5.41, 5.74) is 1.39. The number of carbonyl (C=O) groups is 1. The summed E-state index contributed by atoms with van der Waals surface area (Å²) in [7, 11) is 0. The molecule has 2 aromatic heterocycles. The Morgan fingerprint density at radius 3 is 2.77 bits per heavy atom. The van der Waals surface area contributed by atoms with Crippen molar-refractivity contribution >= 4 is 34.2 Å². The average molecular weight is 423 g/mol. The number of amides is 1. The van der Waals surface area contributed by atoms with Crippen molar-refractivity contribution in [3.8, 4) is 11.5 Å². The molecule has 0 saturated heterocycles. The number of halogens is 2. The van der Waals surface area contributed by atoms with Crippen LogP contribution in [0.3, 0.4) is 0 Å². The molecular formula is C21H16ClFN6O. The maximum absolute atomic E-state index is 14.2. The van der Waals surface area contributed by atoms with Crippen molar-refractivity contribution in [3.05, 3.63) is 64.6 Å². The molecular weight excluding hydrogens is 407 g/mol. The molecule has 1 aliphatic rings. The van der Waals surface area contributed by atoms with E-state index in [1.54, 1.807) is 48.9 Å². The summed E-state index contributed by atoms with van der Waals surface area (Å²) in [4.78, 5) is 16.7. The van der Waals surface area contributed by atoms with Crippen molar-refractivity contribution in [2.24, 2.45) is 0 Å². The second-order valence-electron chi connectivity index (χ2n) is 7.67. The molecule has 9 heteroatoms. The Morgan fingerprint density at radius 2 is 1.97 bits per heavy atom. The molecule has 7 nitrogen and oxygen atoms in total. The fourth-order valence-electron chi connectivity index (χ4n) is 3.53. The van der Waals surface area contributed by atoms with Crippen LogP contribution >= 0.6 is 11.6 Å². The Morgan fingerprint density at radius 1 is 1.17 bits per heavy atom. The lowest BCUT2D eigenvalue weighted by atomic mass is 9.91. The van der Waals surface area contributed by atoms with Crippen molar-refractivity contribution in [1.82, 2.24) is 25.0 Å². The number of hydrogen-bond donors (Lipinski definition) is 1. The molecule has 0 bridgehead atoms. The Kier molecular flexibility index (Phi) is 4.08. The monoisotopic (exact) mass is 422 g/mol. The highest BCUT2D eigenvalue weighted by atomic mass is 35.5. The molecule has 3 heterocycles. The van der Waals surface area contributed by atoms with Crippen LogP contribution in [0.15, 0.2) is 42.5 Å². The van der Waals surface area contributed by atoms with Gasteiger partial charge >= 0.3 is 0 Å². The molecule has 1 amide bonds. The van der Waals surface area contributed by atoms with Gasteiger partial charge in [0.25, 0.3) is 0 Å². The SMILES string of the molecule is CC1(C)C(=O)Nc2nc(-c3nn(Cc4ccccc4F)c4cc(Cl)ccc34)nnc21. The first-order valence-corrected chi connectivity index (χ1v) is 9.69. The molecule has 0 spiro atoms. The lowest BCUT2D eigenvalue weighted by molar-refractivity contribution is -0.119. The highest BCUT2D eigenvalue weighted by Gasteiger charge is 2.42. The number of nitrogens with one attached hydrogen (secondary N) is 1. The summed E-state index contributed by atoms with van der Waals surface area (Å²) >= 11 is 6.20. The highest BCUT2D eigenvalue weighted by Crippen LogP contribution is 2.36. The van der Waals surface area contributed by atoms with E-state index in [-0.39, 0.29) is 24.1 Å². The molecule has 0 fully saturated rings. The third-order valence-corrected chi connectivity index (χ3v) is 5.52. The Balaban J connectivity index is 1.65. The van der Waals surface area contributed by atoms with Crippen molar-refractivity contribution in [2.75, 3.05) is 5.32 Å². The van der Waals surface area contributed by atoms with Crippen LogP contribution in [-0.4, -0.2) is 30.9 Å². The molecule has 0 radical (unpaired) electrons. The predicted molar refractivity (Wildman–Crippen MR) is 111 cm³/mol. The van der Waals surface area contributed by atoms with E-state index in [4.69, 9.17) is 11.6 Å². The number of hydrogen-bond acceptors (Lipinski definition) is 5. The summed E-state index contributed by atoms with van der Waals surface area (Å²) in [6.45, 7) is 3.75. The average Bonchev–Trinajstić information content (AvgIpc) is 3.17. The molecule has 1 aliphatic heterocycles. The van der Waals surface area contributed by atoms with Crippen LogP contribution in [0.4, 0.5) is 10.2 Å². The van der Waals surface area contributed by atoms with E-state index in [1.165, 1.54) is 6.07 Å². The van der Waals surface area contributed by atoms with Crippen LogP contribution in [0.2, 0.25) is 5.02 Å². The minimum Gasteiger partial charge on any atom is -0.308 e. The van der Waals surface area contributed by atoms with Crippen LogP contribution in [0.1, 0.15) is 25.1 Å². The summed E-state index contributed by atoms with van der Waals surface area (Å²) < 4.78 is 15.9. The second kappa shape index (κ2) is 6.56. The number of aromatic nitrogens is 5. The minimum atomic E-state index is -0.798. The zero-order valence-electron chi connectivity index (χ0n) is 16.1. The van der Waals surface area contributed by atoms with Gasteiger partial charge in [-0.1, -0.05) is 29.8 Å². The van der Waals surface area contributed by atoms with Gasteiger partial charge in [0.2, 0.25) is 11.7 Å². The second-order valence-corrected chi connectivity index (χ2v) is 8.11. The smallest absolute Gasteiger partial charge is 0.237 e. The number of benzene rings is 2. The third kappa shape index (κ3) is 2.83. The van der Waals surface area contributed by atoms with Gasteiger partial charge in [0, 0.05) is 16.0 Å². The van der Waals surface area contributed by atoms with Crippen LogP contribution in [-0.2, 0) is 16.8 Å². The summed E-state index contributed by atoms with van der Waals surface area (Å²) in [5.74, 6) is 0.149. The first-order valence-electron chi connectivity index (χ1n) is 9.31. The molecule has 0 aliphatic carbocycles. The van der Waals surface area contributed by atoms with Crippen LogP contribution in [0.25, 0.3) is 22.4 Å². The van der Waals surface area contributed by atoms with E-state index in [1.807, 2.05) is 6.07 Å². The lowest BCUT2D eigenvalue weighted by Crippen LogP contribution is -2.27. The van der Waals surface area contributed by atoms with Crippen LogP contribution < -0.4 is 5.32 Å². The number of fused-ring (bicyclic) bond motifs is 2. The zero-order valence-corrected chi connectivity index (χ0v) is 16.9. The zero-order chi connectivity index (χ0) is 21.0. The van der Waals surface area contributed by atoms with E-state index in [0.29, 0.717) is 33.3 Å². The number of carbonyl (C=O) groups excluding carboxylic acids is 1. The topological polar surface area (TPSA) is 85.6 Å². The van der Waals surface area contributed by atoms with Gasteiger partial charge in [0.1, 0.15) is 17.2 Å². The fourth-order valence-corrected chi connectivity index (χ4v) is 3.69. The van der Waals surface area contributed by atoms with Crippen molar-refractivity contribution in [3.63, 3.8) is 0 Å². The summed E-state index contributed by atoms with van der Waals surface area (Å²) in [5, 5.41) is 17.1. The molecule has 0 unspecified atom stereocenters. The molecule has 0 saturated carbocycles. The Hall–Kier alpha value is -3.39. The van der Waals surface area contributed by atoms with Gasteiger partial charge in [0.05, 0.1) is 17.5 Å². The Labute approximate surface area is 175 Å². The van der Waals surface area contributed by atoms with Gasteiger partial charge in [-0.3, -0.25) is 9.48 Å². The fraction of sp³-hybridized carbons (Fsp3) is 0.190. The van der Waals surface area contributed by atoms with Gasteiger partial charge in [0.15, 0.2) is 5.82 Å². The van der Waals surface area contributed by atoms with E-state index >= 15 is 0 Å². The van der Waals surface area contributed by atoms with Crippen LogP contribution in [0, 0.1) is 5.82 Å². The van der Waals surface area contributed by atoms with Crippen molar-refractivity contribution in [2.45, 2.75) is 25.8 Å². The van der Waals surface area contributed by atoms with E-state index in [9.17, 15) is 9.18 Å². The third-order valence-electron chi connectivity index (χ3n) is 5.28. The standard InChI is InChI=1S/C21H16ClFN6O/c1-21(2)17-19(25-20(21)30)24-18(27-26-17)16-13-8-7-12(22)9-15(13)29(28-16)10-11-5-3-4-6-14(11)23/h3-9H,10H2,1-2H3,(H,24,25,27,30). The van der Waals surface area contributed by atoms with Crippen molar-refractivity contribution < 1.29 is 9.18 Å². The van der Waals surface area contributed by atoms with E-state index in [0.717, 1.165) is 5.39 Å².